The molecule has 0 saturated heterocycles. The minimum Gasteiger partial charge on any atom is -0.289 e. The van der Waals surface area contributed by atoms with Crippen LogP contribution in [0.1, 0.15) is 31.0 Å². The van der Waals surface area contributed by atoms with Gasteiger partial charge < -0.3 is 0 Å². The number of hydrogen-bond acceptors (Lipinski definition) is 6. The van der Waals surface area contributed by atoms with Crippen LogP contribution in [-0.2, 0) is 15.8 Å². The molecule has 38 heavy (non-hydrogen) atoms. The van der Waals surface area contributed by atoms with E-state index in [1.165, 1.54) is 28.6 Å². The third kappa shape index (κ3) is 5.45. The first-order valence-corrected chi connectivity index (χ1v) is 14.9. The molecule has 1 N–H and O–H groups in total. The third-order valence-electron chi connectivity index (χ3n) is 5.71. The van der Waals surface area contributed by atoms with E-state index in [9.17, 15) is 13.2 Å². The van der Waals surface area contributed by atoms with E-state index in [1.807, 2.05) is 6.92 Å². The summed E-state index contributed by atoms with van der Waals surface area (Å²) < 4.78 is 74.5. The van der Waals surface area contributed by atoms with Gasteiger partial charge in [-0.3, -0.25) is 14.1 Å². The Hall–Kier alpha value is -2.90. The molecular weight excluding hydrogens is 605 g/mol. The molecule has 0 aliphatic rings. The molecule has 0 amide bonds. The van der Waals surface area contributed by atoms with Crippen molar-refractivity contribution in [2.45, 2.75) is 37.7 Å². The zero-order valence-corrected chi connectivity index (χ0v) is 23.9. The second-order valence-electron chi connectivity index (χ2n) is 8.83. The summed E-state index contributed by atoms with van der Waals surface area (Å²) in [5.41, 5.74) is -1.35. The molecule has 13 heteroatoms. The van der Waals surface area contributed by atoms with E-state index < -0.39 is 56.1 Å². The molecule has 7 nitrogen and oxygen atoms in total. The van der Waals surface area contributed by atoms with Crippen molar-refractivity contribution in [1.82, 2.24) is 14.5 Å². The molecule has 0 saturated carbocycles. The molecule has 0 spiro atoms. The van der Waals surface area contributed by atoms with Crippen molar-refractivity contribution in [2.24, 2.45) is 0 Å². The van der Waals surface area contributed by atoms with Crippen molar-refractivity contribution in [3.63, 3.8) is 0 Å². The van der Waals surface area contributed by atoms with Gasteiger partial charge in [0.1, 0.15) is 11.3 Å². The summed E-state index contributed by atoms with van der Waals surface area (Å²) in [4.78, 5) is 21.9. The van der Waals surface area contributed by atoms with Gasteiger partial charge >= 0.3 is 0 Å². The number of benzene rings is 2. The van der Waals surface area contributed by atoms with Crippen LogP contribution in [0.5, 0.6) is 0 Å². The van der Waals surface area contributed by atoms with Gasteiger partial charge in [-0.2, -0.15) is 0 Å². The van der Waals surface area contributed by atoms with E-state index in [0.29, 0.717) is 32.3 Å². The van der Waals surface area contributed by atoms with E-state index in [1.54, 1.807) is 43.0 Å². The lowest BCUT2D eigenvalue weighted by Gasteiger charge is -2.17. The monoisotopic (exact) mass is 626 g/mol. The van der Waals surface area contributed by atoms with Crippen LogP contribution in [0.2, 0.25) is 0 Å². The van der Waals surface area contributed by atoms with Crippen molar-refractivity contribution in [1.29, 1.82) is 0 Å². The fourth-order valence-electron chi connectivity index (χ4n) is 3.93. The third-order valence-corrected chi connectivity index (χ3v) is 8.22. The summed E-state index contributed by atoms with van der Waals surface area (Å²) >= 11 is 4.54. The van der Waals surface area contributed by atoms with E-state index in [-0.39, 0.29) is 5.56 Å². The highest BCUT2D eigenvalue weighted by Gasteiger charge is 2.26. The number of halogens is 4. The van der Waals surface area contributed by atoms with Crippen LogP contribution in [0.4, 0.5) is 18.9 Å². The van der Waals surface area contributed by atoms with Gasteiger partial charge in [-0.25, -0.2) is 31.6 Å². The predicted molar refractivity (Wildman–Crippen MR) is 146 cm³/mol. The number of sulfonamides is 1. The van der Waals surface area contributed by atoms with Gasteiger partial charge in [0, 0.05) is 27.7 Å². The van der Waals surface area contributed by atoms with E-state index in [2.05, 4.69) is 25.9 Å². The van der Waals surface area contributed by atoms with Crippen LogP contribution in [0.15, 0.2) is 51.0 Å². The van der Waals surface area contributed by atoms with Gasteiger partial charge in [-0.05, 0) is 56.4 Å². The molecule has 2 aromatic carbocycles. The van der Waals surface area contributed by atoms with Crippen molar-refractivity contribution in [3.8, 4) is 11.1 Å². The Morgan fingerprint density at radius 2 is 1.82 bits per heavy atom. The summed E-state index contributed by atoms with van der Waals surface area (Å²) in [5, 5.41) is 0.774. The van der Waals surface area contributed by atoms with Crippen molar-refractivity contribution < 1.29 is 21.6 Å². The molecule has 2 heterocycles. The zero-order chi connectivity index (χ0) is 27.9. The largest absolute Gasteiger partial charge is 0.289 e. The fraction of sp³-hybridized carbons (Fsp3) is 0.240. The van der Waals surface area contributed by atoms with Gasteiger partial charge in [0.2, 0.25) is 10.0 Å². The topological polar surface area (TPSA) is 94.0 Å². The Morgan fingerprint density at radius 3 is 2.45 bits per heavy atom. The molecular formula is C25H22BrF3N4O3S2. The highest BCUT2D eigenvalue weighted by Crippen LogP contribution is 2.33. The first-order valence-electron chi connectivity index (χ1n) is 11.2. The minimum absolute atomic E-state index is 0.293. The van der Waals surface area contributed by atoms with Crippen molar-refractivity contribution in [2.75, 3.05) is 11.0 Å². The van der Waals surface area contributed by atoms with Gasteiger partial charge in [-0.15, -0.1) is 0 Å². The zero-order valence-electron chi connectivity index (χ0n) is 20.6. The molecule has 0 bridgehead atoms. The maximum absolute atomic E-state index is 15.3. The molecule has 200 valence electrons. The molecule has 0 fully saturated rings. The lowest BCUT2D eigenvalue weighted by Crippen LogP contribution is -2.25. The number of pyridine rings is 1. The molecule has 0 aliphatic carbocycles. The lowest BCUT2D eigenvalue weighted by atomic mass is 10.0. The van der Waals surface area contributed by atoms with Crippen molar-refractivity contribution in [3.05, 3.63) is 79.9 Å². The van der Waals surface area contributed by atoms with Gasteiger partial charge in [-0.1, -0.05) is 39.8 Å². The summed E-state index contributed by atoms with van der Waals surface area (Å²) in [7, 11) is -4.33. The fourth-order valence-corrected chi connectivity index (χ4v) is 6.31. The molecule has 4 rings (SSSR count). The number of rotatable bonds is 7. The first kappa shape index (κ1) is 28.1. The van der Waals surface area contributed by atoms with Gasteiger partial charge in [0.25, 0.3) is 5.56 Å². The highest BCUT2D eigenvalue weighted by atomic mass is 79.9. The Bertz CT molecular complexity index is 1740. The number of aryl methyl sites for hydroxylation is 1. The van der Waals surface area contributed by atoms with Gasteiger partial charge in [0.05, 0.1) is 11.3 Å². The van der Waals surface area contributed by atoms with E-state index >= 15 is 13.2 Å². The average molecular weight is 628 g/mol. The smallest absolute Gasteiger partial charge is 0.260 e. The number of aromatic nitrogens is 3. The maximum Gasteiger partial charge on any atom is 0.260 e. The number of thioether (sulfide) groups is 1. The standard InChI is InChI=1S/C25H22BrF3N4O3S2/c1-12(2)33-23-15(10-30-25(31-23)37-4)8-17(24(33)34)16-9-19(27)22(21(29)20(16)28)32-38(35,36)11-14-6-5-13(3)7-18(14)26/h5-10,12,32H,11H2,1-4H3. The maximum atomic E-state index is 15.3. The van der Waals surface area contributed by atoms with E-state index in [0.717, 1.165) is 5.56 Å². The normalized spacial score (nSPS) is 11.9. The predicted octanol–water partition coefficient (Wildman–Crippen LogP) is 6.19. The average Bonchev–Trinajstić information content (AvgIpc) is 2.85. The Balaban J connectivity index is 1.81. The van der Waals surface area contributed by atoms with Crippen LogP contribution in [0.25, 0.3) is 22.2 Å². The molecule has 0 radical (unpaired) electrons. The van der Waals surface area contributed by atoms with Crippen LogP contribution < -0.4 is 10.3 Å². The highest BCUT2D eigenvalue weighted by molar-refractivity contribution is 9.10. The van der Waals surface area contributed by atoms with E-state index in [4.69, 9.17) is 0 Å². The second-order valence-corrected chi connectivity index (χ2v) is 12.2. The molecule has 0 atom stereocenters. The Labute approximate surface area is 229 Å². The van der Waals surface area contributed by atoms with Crippen LogP contribution in [-0.4, -0.2) is 29.2 Å². The first-order chi connectivity index (χ1) is 17.8. The number of nitrogens with zero attached hydrogens (tertiary/aromatic N) is 3. The van der Waals surface area contributed by atoms with Crippen molar-refractivity contribution >= 4 is 54.4 Å². The SMILES string of the molecule is CSc1ncc2cc(-c3cc(F)c(NS(=O)(=O)Cc4ccc(C)cc4Br)c(F)c3F)c(=O)n(C(C)C)c2n1. The second kappa shape index (κ2) is 10.7. The van der Waals surface area contributed by atoms with Crippen LogP contribution >= 0.6 is 27.7 Å². The Kier molecular flexibility index (Phi) is 7.91. The number of nitrogens with one attached hydrogen (secondary N) is 1. The van der Waals surface area contributed by atoms with Crippen LogP contribution in [0.3, 0.4) is 0 Å². The summed E-state index contributed by atoms with van der Waals surface area (Å²) in [6.07, 6.45) is 3.20. The molecule has 0 unspecified atom stereocenters. The summed E-state index contributed by atoms with van der Waals surface area (Å²) in [6.45, 7) is 5.25. The van der Waals surface area contributed by atoms with Crippen LogP contribution in [0, 0.1) is 24.4 Å². The molecule has 0 aliphatic heterocycles. The summed E-state index contributed by atoms with van der Waals surface area (Å²) in [6, 6.07) is 6.38. The Morgan fingerprint density at radius 1 is 1.11 bits per heavy atom. The molecule has 4 aromatic rings. The quantitative estimate of drug-likeness (QED) is 0.149. The number of anilines is 1. The molecule has 2 aromatic heterocycles. The lowest BCUT2D eigenvalue weighted by molar-refractivity contribution is 0.502. The van der Waals surface area contributed by atoms with Gasteiger partial charge in [0.15, 0.2) is 22.6 Å². The number of fused-ring (bicyclic) bond motifs is 1. The summed E-state index contributed by atoms with van der Waals surface area (Å²) in [5.74, 6) is -5.34. The number of hydrogen-bond donors (Lipinski definition) is 1. The minimum atomic E-state index is -4.33.